The van der Waals surface area contributed by atoms with Crippen LogP contribution in [-0.4, -0.2) is 17.9 Å². The molecule has 0 aliphatic rings. The quantitative estimate of drug-likeness (QED) is 0.856. The Bertz CT molecular complexity index is 646. The summed E-state index contributed by atoms with van der Waals surface area (Å²) in [4.78, 5) is 17.7. The van der Waals surface area contributed by atoms with Gasteiger partial charge >= 0.3 is 0 Å². The molecule has 4 nitrogen and oxygen atoms in total. The van der Waals surface area contributed by atoms with Gasteiger partial charge in [0.1, 0.15) is 11.8 Å². The van der Waals surface area contributed by atoms with Crippen LogP contribution in [0.4, 0.5) is 5.69 Å². The molecule has 19 heavy (non-hydrogen) atoms. The van der Waals surface area contributed by atoms with Crippen molar-refractivity contribution >= 4 is 27.5 Å². The van der Waals surface area contributed by atoms with Crippen molar-refractivity contribution < 1.29 is 4.79 Å². The zero-order valence-corrected chi connectivity index (χ0v) is 11.8. The highest BCUT2D eigenvalue weighted by atomic mass is 79.9. The van der Waals surface area contributed by atoms with Crippen LogP contribution in [0.5, 0.6) is 0 Å². The number of carbonyl (C=O) groups is 1. The minimum Gasteiger partial charge on any atom is -0.309 e. The number of pyridine rings is 1. The number of nitrogens with zero attached hydrogens (tertiary/aromatic N) is 3. The van der Waals surface area contributed by atoms with Crippen LogP contribution < -0.4 is 4.90 Å². The summed E-state index contributed by atoms with van der Waals surface area (Å²) in [5.41, 5.74) is 1.36. The highest BCUT2D eigenvalue weighted by Gasteiger charge is 2.17. The van der Waals surface area contributed by atoms with E-state index < -0.39 is 0 Å². The lowest BCUT2D eigenvalue weighted by Gasteiger charge is -2.17. The van der Waals surface area contributed by atoms with Crippen molar-refractivity contribution in [1.29, 1.82) is 5.26 Å². The van der Waals surface area contributed by atoms with Gasteiger partial charge in [-0.25, -0.2) is 4.98 Å². The first-order valence-corrected chi connectivity index (χ1v) is 6.31. The van der Waals surface area contributed by atoms with Crippen LogP contribution in [0.1, 0.15) is 16.1 Å². The van der Waals surface area contributed by atoms with Gasteiger partial charge in [-0.05, 0) is 40.2 Å². The molecule has 1 amide bonds. The van der Waals surface area contributed by atoms with E-state index in [1.807, 2.05) is 0 Å². The Morgan fingerprint density at radius 1 is 1.32 bits per heavy atom. The molecule has 1 heterocycles. The summed E-state index contributed by atoms with van der Waals surface area (Å²) in [7, 11) is 1.63. The van der Waals surface area contributed by atoms with Gasteiger partial charge in [0.25, 0.3) is 5.91 Å². The summed E-state index contributed by atoms with van der Waals surface area (Å²) < 4.78 is 0.809. The van der Waals surface area contributed by atoms with Crippen LogP contribution in [0.25, 0.3) is 0 Å². The molecule has 0 fully saturated rings. The highest BCUT2D eigenvalue weighted by molar-refractivity contribution is 9.10. The lowest BCUT2D eigenvalue weighted by Crippen LogP contribution is -2.27. The first kappa shape index (κ1) is 13.2. The van der Waals surface area contributed by atoms with Gasteiger partial charge in [-0.1, -0.05) is 12.1 Å². The average Bonchev–Trinajstić information content (AvgIpc) is 2.46. The normalized spacial score (nSPS) is 9.74. The van der Waals surface area contributed by atoms with E-state index in [0.717, 1.165) is 4.47 Å². The number of halogens is 1. The number of hydrogen-bond donors (Lipinski definition) is 0. The third-order valence-corrected chi connectivity index (χ3v) is 3.11. The molecule has 0 spiro atoms. The van der Waals surface area contributed by atoms with E-state index in [0.29, 0.717) is 16.9 Å². The van der Waals surface area contributed by atoms with Crippen LogP contribution in [0.15, 0.2) is 47.1 Å². The minimum absolute atomic E-state index is 0.254. The Balaban J connectivity index is 2.34. The maximum Gasteiger partial charge on any atom is 0.276 e. The molecular formula is C14H10BrN3O. The number of hydrogen-bond acceptors (Lipinski definition) is 3. The molecule has 0 unspecified atom stereocenters. The number of anilines is 1. The Morgan fingerprint density at radius 2 is 2.05 bits per heavy atom. The molecule has 0 N–H and O–H groups in total. The van der Waals surface area contributed by atoms with Gasteiger partial charge in [-0.2, -0.15) is 5.26 Å². The van der Waals surface area contributed by atoms with Gasteiger partial charge in [-0.15, -0.1) is 0 Å². The fourth-order valence-corrected chi connectivity index (χ4v) is 1.88. The largest absolute Gasteiger partial charge is 0.309 e. The molecule has 5 heteroatoms. The average molecular weight is 316 g/mol. The minimum atomic E-state index is -0.254. The van der Waals surface area contributed by atoms with Crippen LogP contribution in [0.3, 0.4) is 0 Å². The molecule has 0 radical (unpaired) electrons. The standard InChI is InChI=1S/C14H10BrN3O/c1-18(13-5-3-2-4-10(13)8-16)14(19)12-7-6-11(15)9-17-12/h2-7,9H,1H3. The summed E-state index contributed by atoms with van der Waals surface area (Å²) in [6.45, 7) is 0. The number of para-hydroxylation sites is 1. The molecule has 0 saturated carbocycles. The number of rotatable bonds is 2. The van der Waals surface area contributed by atoms with Gasteiger partial charge in [-0.3, -0.25) is 4.79 Å². The molecule has 94 valence electrons. The lowest BCUT2D eigenvalue weighted by atomic mass is 10.1. The highest BCUT2D eigenvalue weighted by Crippen LogP contribution is 2.20. The third-order valence-electron chi connectivity index (χ3n) is 2.64. The molecule has 2 rings (SSSR count). The third kappa shape index (κ3) is 2.80. The summed E-state index contributed by atoms with van der Waals surface area (Å²) >= 11 is 3.27. The number of amides is 1. The summed E-state index contributed by atoms with van der Waals surface area (Å²) in [5, 5.41) is 9.05. The Kier molecular flexibility index (Phi) is 3.93. The van der Waals surface area contributed by atoms with Crippen LogP contribution >= 0.6 is 15.9 Å². The second kappa shape index (κ2) is 5.63. The second-order valence-electron chi connectivity index (χ2n) is 3.85. The molecule has 0 bridgehead atoms. The topological polar surface area (TPSA) is 57.0 Å². The van der Waals surface area contributed by atoms with Crippen molar-refractivity contribution in [2.45, 2.75) is 0 Å². The van der Waals surface area contributed by atoms with Crippen LogP contribution in [-0.2, 0) is 0 Å². The predicted molar refractivity (Wildman–Crippen MR) is 75.8 cm³/mol. The van der Waals surface area contributed by atoms with E-state index in [1.54, 1.807) is 49.6 Å². The smallest absolute Gasteiger partial charge is 0.276 e. The molecule has 0 atom stereocenters. The first-order valence-electron chi connectivity index (χ1n) is 5.52. The number of carbonyl (C=O) groups excluding carboxylic acids is 1. The van der Waals surface area contributed by atoms with Gasteiger partial charge in [0.15, 0.2) is 0 Å². The molecule has 0 aliphatic carbocycles. The lowest BCUT2D eigenvalue weighted by molar-refractivity contribution is 0.0988. The molecule has 0 aliphatic heterocycles. The molecule has 1 aromatic carbocycles. The fraction of sp³-hybridized carbons (Fsp3) is 0.0714. The molecular weight excluding hydrogens is 306 g/mol. The summed E-state index contributed by atoms with van der Waals surface area (Å²) in [5.74, 6) is -0.254. The van der Waals surface area contributed by atoms with Gasteiger partial charge < -0.3 is 4.90 Å². The van der Waals surface area contributed by atoms with Crippen molar-refractivity contribution in [3.8, 4) is 6.07 Å². The van der Waals surface area contributed by atoms with E-state index in [2.05, 4.69) is 27.0 Å². The molecule has 0 saturated heterocycles. The predicted octanol–water partition coefficient (Wildman–Crippen LogP) is 2.99. The second-order valence-corrected chi connectivity index (χ2v) is 4.77. The maximum absolute atomic E-state index is 12.3. The van der Waals surface area contributed by atoms with Gasteiger partial charge in [0.05, 0.1) is 11.3 Å². The van der Waals surface area contributed by atoms with Crippen LogP contribution in [0, 0.1) is 11.3 Å². The van der Waals surface area contributed by atoms with Crippen molar-refractivity contribution in [3.05, 3.63) is 58.3 Å². The van der Waals surface area contributed by atoms with E-state index in [4.69, 9.17) is 5.26 Å². The summed E-state index contributed by atoms with van der Waals surface area (Å²) in [6.07, 6.45) is 1.57. The zero-order valence-electron chi connectivity index (χ0n) is 10.2. The Labute approximate surface area is 119 Å². The van der Waals surface area contributed by atoms with E-state index in [9.17, 15) is 4.79 Å². The number of aromatic nitrogens is 1. The SMILES string of the molecule is CN(C(=O)c1ccc(Br)cn1)c1ccccc1C#N. The monoisotopic (exact) mass is 315 g/mol. The van der Waals surface area contributed by atoms with Crippen molar-refractivity contribution in [2.24, 2.45) is 0 Å². The maximum atomic E-state index is 12.3. The summed E-state index contributed by atoms with van der Waals surface area (Å²) in [6, 6.07) is 12.4. The fourth-order valence-electron chi connectivity index (χ4n) is 1.64. The van der Waals surface area contributed by atoms with Crippen molar-refractivity contribution in [1.82, 2.24) is 4.98 Å². The molecule has 1 aromatic heterocycles. The van der Waals surface area contributed by atoms with Crippen LogP contribution in [0.2, 0.25) is 0 Å². The Hall–Kier alpha value is -2.19. The Morgan fingerprint density at radius 3 is 2.68 bits per heavy atom. The zero-order chi connectivity index (χ0) is 13.8. The van der Waals surface area contributed by atoms with E-state index >= 15 is 0 Å². The number of nitriles is 1. The van der Waals surface area contributed by atoms with Crippen molar-refractivity contribution in [2.75, 3.05) is 11.9 Å². The van der Waals surface area contributed by atoms with Gasteiger partial charge in [0.2, 0.25) is 0 Å². The van der Waals surface area contributed by atoms with Crippen molar-refractivity contribution in [3.63, 3.8) is 0 Å². The number of benzene rings is 1. The molecule has 2 aromatic rings. The first-order chi connectivity index (χ1) is 9.13. The van der Waals surface area contributed by atoms with E-state index in [-0.39, 0.29) is 5.91 Å². The van der Waals surface area contributed by atoms with Gasteiger partial charge in [0, 0.05) is 17.7 Å². The van der Waals surface area contributed by atoms with E-state index in [1.165, 1.54) is 4.90 Å².